The fraction of sp³-hybridized carbons (Fsp3) is 0.111. The third-order valence-electron chi connectivity index (χ3n) is 3.65. The van der Waals surface area contributed by atoms with Crippen molar-refractivity contribution in [1.29, 1.82) is 0 Å². The van der Waals surface area contributed by atoms with Crippen LogP contribution in [0.15, 0.2) is 54.7 Å². The first-order valence-corrected chi connectivity index (χ1v) is 7.11. The average molecular weight is 291 g/mol. The van der Waals surface area contributed by atoms with Gasteiger partial charge in [0.05, 0.1) is 5.52 Å². The van der Waals surface area contributed by atoms with Gasteiger partial charge in [0.1, 0.15) is 0 Å². The van der Waals surface area contributed by atoms with E-state index >= 15 is 0 Å². The van der Waals surface area contributed by atoms with Gasteiger partial charge in [-0.3, -0.25) is 9.78 Å². The van der Waals surface area contributed by atoms with Crippen LogP contribution in [0.25, 0.3) is 10.9 Å². The number of nitrogens with two attached hydrogens (primary N) is 1. The van der Waals surface area contributed by atoms with Crippen molar-refractivity contribution in [2.45, 2.75) is 13.5 Å². The number of fused-ring (bicyclic) bond motifs is 1. The van der Waals surface area contributed by atoms with Gasteiger partial charge in [-0.1, -0.05) is 24.3 Å². The third-order valence-corrected chi connectivity index (χ3v) is 3.65. The first-order chi connectivity index (χ1) is 10.6. The van der Waals surface area contributed by atoms with Crippen molar-refractivity contribution in [3.63, 3.8) is 0 Å². The Kier molecular flexibility index (Phi) is 3.74. The molecule has 110 valence electrons. The molecule has 4 nitrogen and oxygen atoms in total. The molecule has 0 saturated carbocycles. The third kappa shape index (κ3) is 2.91. The molecule has 0 aliphatic heterocycles. The minimum atomic E-state index is -0.421. The molecule has 0 fully saturated rings. The van der Waals surface area contributed by atoms with Gasteiger partial charge < -0.3 is 11.1 Å². The van der Waals surface area contributed by atoms with Crippen LogP contribution in [-0.2, 0) is 6.54 Å². The largest absolute Gasteiger partial charge is 0.381 e. The molecule has 0 radical (unpaired) electrons. The first kappa shape index (κ1) is 14.1. The van der Waals surface area contributed by atoms with Crippen LogP contribution in [0.3, 0.4) is 0 Å². The van der Waals surface area contributed by atoms with Gasteiger partial charge >= 0.3 is 0 Å². The summed E-state index contributed by atoms with van der Waals surface area (Å²) < 4.78 is 0. The number of carbonyl (C=O) groups excluding carboxylic acids is 1. The van der Waals surface area contributed by atoms with Crippen molar-refractivity contribution in [2.24, 2.45) is 5.73 Å². The molecule has 0 aliphatic rings. The molecule has 1 heterocycles. The molecule has 3 aromatic rings. The number of carbonyl (C=O) groups is 1. The van der Waals surface area contributed by atoms with Crippen molar-refractivity contribution in [2.75, 3.05) is 5.32 Å². The molecule has 1 amide bonds. The van der Waals surface area contributed by atoms with Crippen molar-refractivity contribution < 1.29 is 4.79 Å². The lowest BCUT2D eigenvalue weighted by Gasteiger charge is -2.11. The quantitative estimate of drug-likeness (QED) is 0.775. The fourth-order valence-corrected chi connectivity index (χ4v) is 2.38. The highest BCUT2D eigenvalue weighted by Crippen LogP contribution is 2.19. The maximum absolute atomic E-state index is 11.3. The Hall–Kier alpha value is -2.88. The average Bonchev–Trinajstić information content (AvgIpc) is 2.53. The predicted octanol–water partition coefficient (Wildman–Crippen LogP) is 3.25. The number of primary amides is 1. The second-order valence-corrected chi connectivity index (χ2v) is 5.28. The Balaban J connectivity index is 1.81. The number of amides is 1. The number of aryl methyl sites for hydroxylation is 1. The number of benzene rings is 2. The van der Waals surface area contributed by atoms with E-state index in [1.54, 1.807) is 12.1 Å². The Labute approximate surface area is 129 Å². The van der Waals surface area contributed by atoms with E-state index in [-0.39, 0.29) is 0 Å². The van der Waals surface area contributed by atoms with Gasteiger partial charge in [-0.25, -0.2) is 0 Å². The molecule has 3 rings (SSSR count). The molecule has 0 saturated heterocycles. The van der Waals surface area contributed by atoms with Crippen molar-refractivity contribution in [3.8, 4) is 0 Å². The molecule has 0 atom stereocenters. The summed E-state index contributed by atoms with van der Waals surface area (Å²) in [6.07, 6.45) is 1.86. The van der Waals surface area contributed by atoms with Crippen molar-refractivity contribution >= 4 is 22.5 Å². The Morgan fingerprint density at radius 2 is 2.00 bits per heavy atom. The fourth-order valence-electron chi connectivity index (χ4n) is 2.38. The number of anilines is 1. The Morgan fingerprint density at radius 3 is 2.82 bits per heavy atom. The van der Waals surface area contributed by atoms with E-state index in [2.05, 4.69) is 16.4 Å². The van der Waals surface area contributed by atoms with Crippen LogP contribution in [-0.4, -0.2) is 10.9 Å². The molecule has 22 heavy (non-hydrogen) atoms. The number of rotatable bonds is 4. The van der Waals surface area contributed by atoms with E-state index in [1.807, 2.05) is 43.5 Å². The molecule has 0 unspecified atom stereocenters. The molecule has 2 aromatic carbocycles. The molecule has 1 aromatic heterocycles. The molecule has 0 bridgehead atoms. The van der Waals surface area contributed by atoms with Crippen LogP contribution < -0.4 is 11.1 Å². The van der Waals surface area contributed by atoms with E-state index in [0.717, 1.165) is 27.7 Å². The van der Waals surface area contributed by atoms with E-state index in [0.29, 0.717) is 12.1 Å². The summed E-state index contributed by atoms with van der Waals surface area (Å²) in [6, 6.07) is 15.5. The smallest absolute Gasteiger partial charge is 0.248 e. The highest BCUT2D eigenvalue weighted by molar-refractivity contribution is 5.94. The van der Waals surface area contributed by atoms with E-state index in [4.69, 9.17) is 5.73 Å². The number of para-hydroxylation sites is 1. The molecule has 0 aliphatic carbocycles. The van der Waals surface area contributed by atoms with Crippen LogP contribution >= 0.6 is 0 Å². The maximum Gasteiger partial charge on any atom is 0.248 e. The Bertz CT molecular complexity index is 843. The number of aromatic nitrogens is 1. The lowest BCUT2D eigenvalue weighted by Crippen LogP contribution is -2.12. The molecule has 3 N–H and O–H groups in total. The van der Waals surface area contributed by atoms with E-state index in [9.17, 15) is 4.79 Å². The Morgan fingerprint density at radius 1 is 1.18 bits per heavy atom. The number of hydrogen-bond acceptors (Lipinski definition) is 3. The predicted molar refractivity (Wildman–Crippen MR) is 88.8 cm³/mol. The second kappa shape index (κ2) is 5.85. The minimum absolute atomic E-state index is 0.421. The minimum Gasteiger partial charge on any atom is -0.381 e. The van der Waals surface area contributed by atoms with Gasteiger partial charge in [0.15, 0.2) is 0 Å². The van der Waals surface area contributed by atoms with Gasteiger partial charge in [0, 0.05) is 29.4 Å². The van der Waals surface area contributed by atoms with Gasteiger partial charge in [0.25, 0.3) is 0 Å². The van der Waals surface area contributed by atoms with Crippen molar-refractivity contribution in [3.05, 3.63) is 71.4 Å². The van der Waals surface area contributed by atoms with E-state index < -0.39 is 5.91 Å². The maximum atomic E-state index is 11.3. The number of nitrogens with zero attached hydrogens (tertiary/aromatic N) is 1. The monoisotopic (exact) mass is 291 g/mol. The van der Waals surface area contributed by atoms with Crippen LogP contribution in [0.1, 0.15) is 21.5 Å². The SMILES string of the molecule is Cc1ccc(C(N)=O)cc1NCc1cnc2ccccc2c1. The summed E-state index contributed by atoms with van der Waals surface area (Å²) in [4.78, 5) is 15.7. The molecule has 4 heteroatoms. The van der Waals surface area contributed by atoms with Crippen LogP contribution in [0.4, 0.5) is 5.69 Å². The number of pyridine rings is 1. The molecular formula is C18H17N3O. The highest BCUT2D eigenvalue weighted by atomic mass is 16.1. The summed E-state index contributed by atoms with van der Waals surface area (Å²) in [5.74, 6) is -0.421. The number of nitrogens with one attached hydrogen (secondary N) is 1. The summed E-state index contributed by atoms with van der Waals surface area (Å²) in [5.41, 5.74) is 9.88. The van der Waals surface area contributed by atoms with Crippen LogP contribution in [0.5, 0.6) is 0 Å². The van der Waals surface area contributed by atoms with Crippen LogP contribution in [0, 0.1) is 6.92 Å². The van der Waals surface area contributed by atoms with Gasteiger partial charge in [-0.15, -0.1) is 0 Å². The van der Waals surface area contributed by atoms with Gasteiger partial charge in [-0.05, 0) is 42.3 Å². The lowest BCUT2D eigenvalue weighted by molar-refractivity contribution is 0.100. The van der Waals surface area contributed by atoms with Gasteiger partial charge in [0.2, 0.25) is 5.91 Å². The van der Waals surface area contributed by atoms with Gasteiger partial charge in [-0.2, -0.15) is 0 Å². The lowest BCUT2D eigenvalue weighted by atomic mass is 10.1. The summed E-state index contributed by atoms with van der Waals surface area (Å²) >= 11 is 0. The molecular weight excluding hydrogens is 274 g/mol. The zero-order valence-electron chi connectivity index (χ0n) is 12.3. The summed E-state index contributed by atoms with van der Waals surface area (Å²) in [7, 11) is 0. The summed E-state index contributed by atoms with van der Waals surface area (Å²) in [6.45, 7) is 2.63. The highest BCUT2D eigenvalue weighted by Gasteiger charge is 2.05. The number of hydrogen-bond donors (Lipinski definition) is 2. The zero-order chi connectivity index (χ0) is 15.5. The summed E-state index contributed by atoms with van der Waals surface area (Å²) in [5, 5.41) is 4.46. The van der Waals surface area contributed by atoms with E-state index in [1.165, 1.54) is 0 Å². The standard InChI is InChI=1S/C18H17N3O/c1-12-6-7-15(18(19)22)9-17(12)21-11-13-8-14-4-2-3-5-16(14)20-10-13/h2-10,21H,11H2,1H3,(H2,19,22). The zero-order valence-corrected chi connectivity index (χ0v) is 12.3. The van der Waals surface area contributed by atoms with Crippen molar-refractivity contribution in [1.82, 2.24) is 4.98 Å². The first-order valence-electron chi connectivity index (χ1n) is 7.11. The second-order valence-electron chi connectivity index (χ2n) is 5.28. The normalized spacial score (nSPS) is 10.6. The van der Waals surface area contributed by atoms with Crippen LogP contribution in [0.2, 0.25) is 0 Å². The molecule has 0 spiro atoms. The topological polar surface area (TPSA) is 68.0 Å².